The first-order chi connectivity index (χ1) is 8.96. The van der Waals surface area contributed by atoms with Gasteiger partial charge in [-0.1, -0.05) is 31.0 Å². The molecule has 0 saturated carbocycles. The molecule has 0 N–H and O–H groups in total. The molecule has 0 aromatic heterocycles. The maximum Gasteiger partial charge on any atom is 0.417 e. The Kier molecular flexibility index (Phi) is 6.35. The number of benzene rings is 1. The van der Waals surface area contributed by atoms with E-state index >= 15 is 0 Å². The van der Waals surface area contributed by atoms with E-state index < -0.39 is 17.5 Å². The van der Waals surface area contributed by atoms with Gasteiger partial charge in [0.1, 0.15) is 0 Å². The zero-order chi connectivity index (χ0) is 14.3. The van der Waals surface area contributed by atoms with E-state index in [4.69, 9.17) is 11.6 Å². The third-order valence-corrected chi connectivity index (χ3v) is 3.09. The highest BCUT2D eigenvalue weighted by Crippen LogP contribution is 2.32. The molecule has 0 aliphatic heterocycles. The van der Waals surface area contributed by atoms with Crippen molar-refractivity contribution in [1.29, 1.82) is 0 Å². The van der Waals surface area contributed by atoms with E-state index in [0.717, 1.165) is 25.3 Å². The number of carbonyl (C=O) groups excluding carboxylic acids is 1. The van der Waals surface area contributed by atoms with Crippen molar-refractivity contribution < 1.29 is 18.0 Å². The summed E-state index contributed by atoms with van der Waals surface area (Å²) in [7, 11) is 0. The summed E-state index contributed by atoms with van der Waals surface area (Å²) in [5.74, 6) is 0.129. The zero-order valence-electron chi connectivity index (χ0n) is 10.5. The van der Waals surface area contributed by atoms with E-state index in [1.807, 2.05) is 0 Å². The lowest BCUT2D eigenvalue weighted by Gasteiger charge is -2.11. The van der Waals surface area contributed by atoms with Crippen LogP contribution in [0.2, 0.25) is 0 Å². The van der Waals surface area contributed by atoms with E-state index in [1.54, 1.807) is 0 Å². The maximum absolute atomic E-state index is 12.7. The van der Waals surface area contributed by atoms with Crippen LogP contribution in [-0.4, -0.2) is 11.7 Å². The predicted octanol–water partition coefficient (Wildman–Crippen LogP) is 5.08. The van der Waals surface area contributed by atoms with Crippen molar-refractivity contribution in [2.45, 2.75) is 38.3 Å². The van der Waals surface area contributed by atoms with Gasteiger partial charge in [-0.25, -0.2) is 0 Å². The van der Waals surface area contributed by atoms with Crippen LogP contribution in [0.3, 0.4) is 0 Å². The van der Waals surface area contributed by atoms with Crippen molar-refractivity contribution in [3.8, 4) is 0 Å². The minimum absolute atomic E-state index is 0.148. The maximum atomic E-state index is 12.7. The fourth-order valence-electron chi connectivity index (χ4n) is 1.84. The van der Waals surface area contributed by atoms with E-state index in [0.29, 0.717) is 12.3 Å². The van der Waals surface area contributed by atoms with Crippen molar-refractivity contribution in [3.63, 3.8) is 0 Å². The third-order valence-electron chi connectivity index (χ3n) is 2.82. The number of rotatable bonds is 7. The Morgan fingerprint density at radius 3 is 2.32 bits per heavy atom. The topological polar surface area (TPSA) is 17.1 Å². The minimum atomic E-state index is -4.48. The van der Waals surface area contributed by atoms with Crippen molar-refractivity contribution >= 4 is 17.4 Å². The summed E-state index contributed by atoms with van der Waals surface area (Å²) in [5, 5.41) is 0. The summed E-state index contributed by atoms with van der Waals surface area (Å²) in [6, 6.07) is 4.93. The molecule has 0 unspecified atom stereocenters. The predicted molar refractivity (Wildman–Crippen MR) is 69.6 cm³/mol. The van der Waals surface area contributed by atoms with E-state index in [9.17, 15) is 18.0 Å². The van der Waals surface area contributed by atoms with Gasteiger partial charge < -0.3 is 0 Å². The fourth-order valence-corrected chi connectivity index (χ4v) is 2.03. The Hall–Kier alpha value is -1.03. The number of unbranched alkanes of at least 4 members (excludes halogenated alkanes) is 3. The molecule has 1 aromatic rings. The molecule has 19 heavy (non-hydrogen) atoms. The second-order valence-electron chi connectivity index (χ2n) is 4.32. The zero-order valence-corrected chi connectivity index (χ0v) is 11.2. The quantitative estimate of drug-likeness (QED) is 0.389. The van der Waals surface area contributed by atoms with Gasteiger partial charge in [0.15, 0.2) is 5.78 Å². The number of hydrogen-bond acceptors (Lipinski definition) is 1. The van der Waals surface area contributed by atoms with E-state index in [1.165, 1.54) is 18.2 Å². The summed E-state index contributed by atoms with van der Waals surface area (Å²) in [4.78, 5) is 11.8. The molecule has 0 atom stereocenters. The van der Waals surface area contributed by atoms with Crippen LogP contribution in [0.25, 0.3) is 0 Å². The van der Waals surface area contributed by atoms with Crippen LogP contribution in [-0.2, 0) is 6.18 Å². The first-order valence-corrected chi connectivity index (χ1v) is 6.75. The molecule has 0 amide bonds. The van der Waals surface area contributed by atoms with Gasteiger partial charge >= 0.3 is 6.18 Å². The van der Waals surface area contributed by atoms with Crippen LogP contribution in [0.1, 0.15) is 48.0 Å². The third kappa shape index (κ3) is 5.23. The van der Waals surface area contributed by atoms with Gasteiger partial charge in [0.05, 0.1) is 5.56 Å². The van der Waals surface area contributed by atoms with Gasteiger partial charge in [0.2, 0.25) is 0 Å². The summed E-state index contributed by atoms with van der Waals surface area (Å²) < 4.78 is 38.2. The Balaban J connectivity index is 2.62. The highest BCUT2D eigenvalue weighted by atomic mass is 35.5. The lowest BCUT2D eigenvalue weighted by Crippen LogP contribution is -2.12. The highest BCUT2D eigenvalue weighted by molar-refractivity contribution is 6.17. The minimum Gasteiger partial charge on any atom is -0.294 e. The molecule has 0 fully saturated rings. The number of carbonyl (C=O) groups is 1. The largest absolute Gasteiger partial charge is 0.417 e. The molecule has 0 saturated heterocycles. The molecule has 106 valence electrons. The van der Waals surface area contributed by atoms with Crippen molar-refractivity contribution in [3.05, 3.63) is 35.4 Å². The number of halogens is 4. The lowest BCUT2D eigenvalue weighted by atomic mass is 9.99. The molecule has 1 nitrogen and oxygen atoms in total. The molecular weight excluding hydrogens is 277 g/mol. The van der Waals surface area contributed by atoms with Crippen molar-refractivity contribution in [2.75, 3.05) is 5.88 Å². The number of Topliss-reactive ketones (excluding diaryl/α,β-unsaturated/α-hetero) is 1. The molecule has 0 bridgehead atoms. The lowest BCUT2D eigenvalue weighted by molar-refractivity contribution is -0.137. The Labute approximate surface area is 115 Å². The molecule has 0 heterocycles. The van der Waals surface area contributed by atoms with Gasteiger partial charge in [-0.2, -0.15) is 13.2 Å². The second kappa shape index (κ2) is 7.53. The van der Waals surface area contributed by atoms with Gasteiger partial charge in [-0.3, -0.25) is 4.79 Å². The SMILES string of the molecule is O=C(CCCCCCCl)c1ccccc1C(F)(F)F. The molecule has 0 spiro atoms. The molecule has 1 aromatic carbocycles. The summed E-state index contributed by atoms with van der Waals surface area (Å²) in [5.41, 5.74) is -1.08. The second-order valence-corrected chi connectivity index (χ2v) is 4.70. The van der Waals surface area contributed by atoms with Gasteiger partial charge in [0.25, 0.3) is 0 Å². The van der Waals surface area contributed by atoms with Gasteiger partial charge in [-0.15, -0.1) is 11.6 Å². The normalized spacial score (nSPS) is 11.6. The fraction of sp³-hybridized carbons (Fsp3) is 0.500. The monoisotopic (exact) mass is 292 g/mol. The first-order valence-electron chi connectivity index (χ1n) is 6.22. The Morgan fingerprint density at radius 2 is 1.68 bits per heavy atom. The highest BCUT2D eigenvalue weighted by Gasteiger charge is 2.34. The number of ketones is 1. The number of alkyl halides is 4. The molecule has 5 heteroatoms. The van der Waals surface area contributed by atoms with Crippen LogP contribution >= 0.6 is 11.6 Å². The Morgan fingerprint density at radius 1 is 1.05 bits per heavy atom. The standard InChI is InChI=1S/C14H16ClF3O/c15-10-6-2-1-3-9-13(19)11-7-4-5-8-12(11)14(16,17)18/h4-5,7-8H,1-3,6,9-10H2. The summed E-state index contributed by atoms with van der Waals surface area (Å²) >= 11 is 5.52. The van der Waals surface area contributed by atoms with Crippen LogP contribution in [0.5, 0.6) is 0 Å². The molecule has 1 rings (SSSR count). The molecule has 0 aliphatic rings. The van der Waals surface area contributed by atoms with Crippen LogP contribution < -0.4 is 0 Å². The Bertz CT molecular complexity index is 415. The summed E-state index contributed by atoms with van der Waals surface area (Å²) in [6.07, 6.45) is -1.15. The van der Waals surface area contributed by atoms with Crippen LogP contribution in [0, 0.1) is 0 Å². The smallest absolute Gasteiger partial charge is 0.294 e. The van der Waals surface area contributed by atoms with Gasteiger partial charge in [-0.05, 0) is 18.9 Å². The van der Waals surface area contributed by atoms with E-state index in [2.05, 4.69) is 0 Å². The van der Waals surface area contributed by atoms with Crippen LogP contribution in [0.4, 0.5) is 13.2 Å². The average Bonchev–Trinajstić information content (AvgIpc) is 2.37. The average molecular weight is 293 g/mol. The first kappa shape index (κ1) is 16.0. The van der Waals surface area contributed by atoms with Crippen molar-refractivity contribution in [2.24, 2.45) is 0 Å². The van der Waals surface area contributed by atoms with Gasteiger partial charge in [0, 0.05) is 17.9 Å². The van der Waals surface area contributed by atoms with E-state index in [-0.39, 0.29) is 12.0 Å². The number of hydrogen-bond donors (Lipinski definition) is 0. The molecule has 0 radical (unpaired) electrons. The van der Waals surface area contributed by atoms with Crippen LogP contribution in [0.15, 0.2) is 24.3 Å². The molecular formula is C14H16ClF3O. The summed E-state index contributed by atoms with van der Waals surface area (Å²) in [6.45, 7) is 0. The molecule has 0 aliphatic carbocycles. The van der Waals surface area contributed by atoms with Crippen molar-refractivity contribution in [1.82, 2.24) is 0 Å².